The number of hydrogen-bond donors (Lipinski definition) is 0. The van der Waals surface area contributed by atoms with Gasteiger partial charge < -0.3 is 4.57 Å². The zero-order chi connectivity index (χ0) is 17.4. The van der Waals surface area contributed by atoms with Crippen molar-refractivity contribution < 1.29 is 9.18 Å². The van der Waals surface area contributed by atoms with Gasteiger partial charge in [-0.3, -0.25) is 4.79 Å². The smallest absolute Gasteiger partial charge is 0.193 e. The van der Waals surface area contributed by atoms with Crippen molar-refractivity contribution in [2.45, 2.75) is 0 Å². The number of fused-ring (bicyclic) bond motifs is 1. The summed E-state index contributed by atoms with van der Waals surface area (Å²) in [6.45, 7) is 0. The van der Waals surface area contributed by atoms with E-state index in [1.807, 2.05) is 43.6 Å². The minimum atomic E-state index is -0.348. The van der Waals surface area contributed by atoms with Crippen LogP contribution in [0.25, 0.3) is 22.0 Å². The van der Waals surface area contributed by atoms with E-state index in [2.05, 4.69) is 22.8 Å². The number of carbonyl (C=O) groups excluding carboxylic acids is 1. The Morgan fingerprint density at radius 1 is 0.920 bits per heavy atom. The Kier molecular flexibility index (Phi) is 3.69. The normalized spacial score (nSPS) is 11.0. The Hall–Kier alpha value is -3.20. The van der Waals surface area contributed by atoms with Crippen LogP contribution in [0.2, 0.25) is 0 Å². The maximum Gasteiger partial charge on any atom is 0.193 e. The Bertz CT molecular complexity index is 1080. The zero-order valence-electron chi connectivity index (χ0n) is 13.7. The summed E-state index contributed by atoms with van der Waals surface area (Å²) in [5, 5.41) is 1.16. The molecule has 0 amide bonds. The first-order valence-electron chi connectivity index (χ1n) is 8.08. The van der Waals surface area contributed by atoms with Crippen LogP contribution in [0.1, 0.15) is 15.9 Å². The topological polar surface area (TPSA) is 22.0 Å². The van der Waals surface area contributed by atoms with Crippen molar-refractivity contribution in [2.24, 2.45) is 7.05 Å². The van der Waals surface area contributed by atoms with Gasteiger partial charge in [0.1, 0.15) is 5.82 Å². The number of rotatable bonds is 3. The van der Waals surface area contributed by atoms with Crippen LogP contribution in [-0.4, -0.2) is 10.4 Å². The predicted molar refractivity (Wildman–Crippen MR) is 98.2 cm³/mol. The molecular formula is C22H16FNO. The second-order valence-electron chi connectivity index (χ2n) is 6.08. The van der Waals surface area contributed by atoms with Gasteiger partial charge >= 0.3 is 0 Å². The van der Waals surface area contributed by atoms with Crippen LogP contribution < -0.4 is 0 Å². The highest BCUT2D eigenvalue weighted by molar-refractivity contribution is 6.13. The molecule has 0 atom stereocenters. The van der Waals surface area contributed by atoms with Crippen LogP contribution in [0.5, 0.6) is 0 Å². The number of aromatic nitrogens is 1. The number of carbonyl (C=O) groups is 1. The molecule has 0 radical (unpaired) electrons. The molecule has 3 heteroatoms. The van der Waals surface area contributed by atoms with E-state index in [9.17, 15) is 9.18 Å². The molecule has 0 saturated heterocycles. The highest BCUT2D eigenvalue weighted by Crippen LogP contribution is 2.29. The molecule has 4 rings (SSSR count). The van der Waals surface area contributed by atoms with Gasteiger partial charge in [0.05, 0.1) is 0 Å². The number of aryl methyl sites for hydroxylation is 1. The Morgan fingerprint density at radius 2 is 1.68 bits per heavy atom. The van der Waals surface area contributed by atoms with E-state index in [1.54, 1.807) is 0 Å². The van der Waals surface area contributed by atoms with Crippen molar-refractivity contribution in [3.8, 4) is 11.1 Å². The standard InChI is InChI=1S/C22H16FNO/c1-24-13-12-15-6-7-17(14-21(15)24)19-4-2-3-5-20(19)22(25)16-8-10-18(23)11-9-16/h2-14H,1H3. The van der Waals surface area contributed by atoms with Gasteiger partial charge in [0.2, 0.25) is 0 Å². The lowest BCUT2D eigenvalue weighted by Crippen LogP contribution is -2.03. The first-order valence-corrected chi connectivity index (χ1v) is 8.08. The fraction of sp³-hybridized carbons (Fsp3) is 0.0455. The lowest BCUT2D eigenvalue weighted by Gasteiger charge is -2.10. The molecular weight excluding hydrogens is 313 g/mol. The summed E-state index contributed by atoms with van der Waals surface area (Å²) < 4.78 is 15.2. The van der Waals surface area contributed by atoms with Crippen LogP contribution in [0.4, 0.5) is 4.39 Å². The molecule has 122 valence electrons. The molecule has 4 aromatic rings. The van der Waals surface area contributed by atoms with E-state index in [0.29, 0.717) is 11.1 Å². The van der Waals surface area contributed by atoms with Gasteiger partial charge in [0.15, 0.2) is 5.78 Å². The molecule has 0 aliphatic heterocycles. The van der Waals surface area contributed by atoms with Crippen LogP contribution in [0.15, 0.2) is 79.0 Å². The maximum absolute atomic E-state index is 13.1. The minimum Gasteiger partial charge on any atom is -0.351 e. The van der Waals surface area contributed by atoms with E-state index in [1.165, 1.54) is 24.3 Å². The van der Waals surface area contributed by atoms with Crippen molar-refractivity contribution in [2.75, 3.05) is 0 Å². The summed E-state index contributed by atoms with van der Waals surface area (Å²) >= 11 is 0. The fourth-order valence-corrected chi connectivity index (χ4v) is 3.12. The van der Waals surface area contributed by atoms with Crippen molar-refractivity contribution in [1.82, 2.24) is 4.57 Å². The molecule has 25 heavy (non-hydrogen) atoms. The van der Waals surface area contributed by atoms with Crippen molar-refractivity contribution in [3.05, 3.63) is 95.9 Å². The molecule has 0 aliphatic carbocycles. The van der Waals surface area contributed by atoms with Crippen molar-refractivity contribution in [3.63, 3.8) is 0 Å². The third-order valence-corrected chi connectivity index (χ3v) is 4.48. The number of ketones is 1. The van der Waals surface area contributed by atoms with E-state index in [-0.39, 0.29) is 11.6 Å². The number of benzene rings is 3. The van der Waals surface area contributed by atoms with Crippen LogP contribution in [-0.2, 0) is 7.05 Å². The van der Waals surface area contributed by atoms with Gasteiger partial charge in [-0.1, -0.05) is 36.4 Å². The molecule has 0 unspecified atom stereocenters. The summed E-state index contributed by atoms with van der Waals surface area (Å²) in [6.07, 6.45) is 2.02. The highest BCUT2D eigenvalue weighted by Gasteiger charge is 2.15. The summed E-state index contributed by atoms with van der Waals surface area (Å²) in [5.74, 6) is -0.457. The molecule has 0 aliphatic rings. The second-order valence-corrected chi connectivity index (χ2v) is 6.08. The van der Waals surface area contributed by atoms with E-state index in [0.717, 1.165) is 22.0 Å². The molecule has 0 fully saturated rings. The fourth-order valence-electron chi connectivity index (χ4n) is 3.12. The van der Waals surface area contributed by atoms with Gasteiger partial charge in [-0.25, -0.2) is 4.39 Å². The number of hydrogen-bond acceptors (Lipinski definition) is 1. The largest absolute Gasteiger partial charge is 0.351 e. The second kappa shape index (κ2) is 6.02. The van der Waals surface area contributed by atoms with Gasteiger partial charge in [-0.2, -0.15) is 0 Å². The molecule has 0 N–H and O–H groups in total. The minimum absolute atomic E-state index is 0.109. The van der Waals surface area contributed by atoms with Gasteiger partial charge in [0, 0.05) is 29.9 Å². The molecule has 1 aromatic heterocycles. The summed E-state index contributed by atoms with van der Waals surface area (Å²) in [5.41, 5.74) is 4.07. The van der Waals surface area contributed by atoms with Crippen LogP contribution in [0, 0.1) is 5.82 Å². The predicted octanol–water partition coefficient (Wildman–Crippen LogP) is 5.22. The summed E-state index contributed by atoms with van der Waals surface area (Å²) in [4.78, 5) is 12.9. The third kappa shape index (κ3) is 2.74. The average Bonchev–Trinajstić information content (AvgIpc) is 3.02. The van der Waals surface area contributed by atoms with E-state index in [4.69, 9.17) is 0 Å². The first kappa shape index (κ1) is 15.3. The Labute approximate surface area is 145 Å². The van der Waals surface area contributed by atoms with E-state index >= 15 is 0 Å². The number of nitrogens with zero attached hydrogens (tertiary/aromatic N) is 1. The van der Waals surface area contributed by atoms with Gasteiger partial charge in [-0.05, 0) is 52.9 Å². The molecule has 2 nitrogen and oxygen atoms in total. The molecule has 3 aromatic carbocycles. The van der Waals surface area contributed by atoms with Crippen molar-refractivity contribution >= 4 is 16.7 Å². The SMILES string of the molecule is Cn1ccc2ccc(-c3ccccc3C(=O)c3ccc(F)cc3)cc21. The van der Waals surface area contributed by atoms with Gasteiger partial charge in [-0.15, -0.1) is 0 Å². The Morgan fingerprint density at radius 3 is 2.48 bits per heavy atom. The van der Waals surface area contributed by atoms with E-state index < -0.39 is 0 Å². The van der Waals surface area contributed by atoms with Crippen LogP contribution >= 0.6 is 0 Å². The lowest BCUT2D eigenvalue weighted by molar-refractivity contribution is 0.103. The quantitative estimate of drug-likeness (QED) is 0.473. The highest BCUT2D eigenvalue weighted by atomic mass is 19.1. The first-order chi connectivity index (χ1) is 12.1. The number of halogens is 1. The van der Waals surface area contributed by atoms with Crippen molar-refractivity contribution in [1.29, 1.82) is 0 Å². The van der Waals surface area contributed by atoms with Gasteiger partial charge in [0.25, 0.3) is 0 Å². The van der Waals surface area contributed by atoms with Crippen LogP contribution in [0.3, 0.4) is 0 Å². The monoisotopic (exact) mass is 329 g/mol. The molecule has 1 heterocycles. The molecule has 0 spiro atoms. The zero-order valence-corrected chi connectivity index (χ0v) is 13.7. The molecule has 0 bridgehead atoms. The summed E-state index contributed by atoms with van der Waals surface area (Å²) in [7, 11) is 2.00. The average molecular weight is 329 g/mol. The molecule has 0 saturated carbocycles. The Balaban J connectivity index is 1.84. The lowest BCUT2D eigenvalue weighted by atomic mass is 9.93. The summed E-state index contributed by atoms with van der Waals surface area (Å²) in [6, 6.07) is 21.4. The third-order valence-electron chi connectivity index (χ3n) is 4.48. The maximum atomic E-state index is 13.1.